The van der Waals surface area contributed by atoms with E-state index < -0.39 is 0 Å². The smallest absolute Gasteiger partial charge is 0.223 e. The van der Waals surface area contributed by atoms with Crippen molar-refractivity contribution in [3.05, 3.63) is 65.9 Å². The van der Waals surface area contributed by atoms with Crippen molar-refractivity contribution in [1.29, 1.82) is 0 Å². The van der Waals surface area contributed by atoms with Gasteiger partial charge in [-0.1, -0.05) is 37.3 Å². The number of rotatable bonds is 7. The van der Waals surface area contributed by atoms with Gasteiger partial charge >= 0.3 is 0 Å². The van der Waals surface area contributed by atoms with E-state index in [1.54, 1.807) is 0 Å². The Balaban J connectivity index is 1.61. The van der Waals surface area contributed by atoms with Crippen LogP contribution in [0.2, 0.25) is 0 Å². The van der Waals surface area contributed by atoms with E-state index in [0.717, 1.165) is 49.6 Å². The summed E-state index contributed by atoms with van der Waals surface area (Å²) in [5, 5.41) is 1.18. The first-order valence-electron chi connectivity index (χ1n) is 11.0. The number of nitrogens with one attached hydrogen (secondary N) is 1. The average molecular weight is 406 g/mol. The molecule has 30 heavy (non-hydrogen) atoms. The van der Waals surface area contributed by atoms with Gasteiger partial charge in [0.05, 0.1) is 6.61 Å². The third-order valence-corrected chi connectivity index (χ3v) is 6.14. The first-order chi connectivity index (χ1) is 14.7. The molecule has 1 amide bonds. The molecule has 4 rings (SSSR count). The number of hydrogen-bond donors (Lipinski definition) is 1. The molecule has 1 saturated heterocycles. The Morgan fingerprint density at radius 2 is 1.77 bits per heavy atom. The number of aromatic nitrogens is 1. The second-order valence-corrected chi connectivity index (χ2v) is 7.86. The van der Waals surface area contributed by atoms with Gasteiger partial charge in [-0.3, -0.25) is 4.79 Å². The lowest BCUT2D eigenvalue weighted by molar-refractivity contribution is -0.133. The van der Waals surface area contributed by atoms with Gasteiger partial charge in [-0.2, -0.15) is 0 Å². The highest BCUT2D eigenvalue weighted by Crippen LogP contribution is 2.34. The number of aromatic amines is 1. The van der Waals surface area contributed by atoms with Crippen LogP contribution in [0.3, 0.4) is 0 Å². The van der Waals surface area contributed by atoms with Crippen molar-refractivity contribution in [2.24, 2.45) is 0 Å². The fourth-order valence-electron chi connectivity index (χ4n) is 4.37. The van der Waals surface area contributed by atoms with Crippen molar-refractivity contribution in [1.82, 2.24) is 14.8 Å². The van der Waals surface area contributed by atoms with E-state index in [1.807, 2.05) is 30.0 Å². The molecule has 1 fully saturated rings. The first kappa shape index (κ1) is 20.5. The number of carbonyl (C=O) groups is 1. The summed E-state index contributed by atoms with van der Waals surface area (Å²) in [6.45, 7) is 9.41. The molecule has 1 unspecified atom stereocenters. The van der Waals surface area contributed by atoms with Crippen molar-refractivity contribution >= 4 is 16.8 Å². The topological polar surface area (TPSA) is 48.6 Å². The molecule has 1 atom stereocenters. The van der Waals surface area contributed by atoms with Crippen molar-refractivity contribution < 1.29 is 9.53 Å². The molecule has 0 saturated carbocycles. The lowest BCUT2D eigenvalue weighted by Crippen LogP contribution is -2.48. The molecule has 2 aromatic carbocycles. The predicted molar refractivity (Wildman–Crippen MR) is 121 cm³/mol. The average Bonchev–Trinajstić information content (AvgIpc) is 3.22. The Kier molecular flexibility index (Phi) is 6.38. The van der Waals surface area contributed by atoms with Crippen molar-refractivity contribution in [3.8, 4) is 5.75 Å². The maximum Gasteiger partial charge on any atom is 0.223 e. The zero-order valence-corrected chi connectivity index (χ0v) is 17.9. The van der Waals surface area contributed by atoms with Crippen LogP contribution in [0, 0.1) is 0 Å². The number of H-pyrrole nitrogens is 1. The molecule has 0 radical (unpaired) electrons. The van der Waals surface area contributed by atoms with E-state index in [2.05, 4.69) is 53.3 Å². The molecule has 158 valence electrons. The summed E-state index contributed by atoms with van der Waals surface area (Å²) in [6, 6.07) is 16.5. The third kappa shape index (κ3) is 4.36. The summed E-state index contributed by atoms with van der Waals surface area (Å²) >= 11 is 0. The van der Waals surface area contributed by atoms with Crippen LogP contribution in [-0.2, 0) is 4.79 Å². The second kappa shape index (κ2) is 9.35. The van der Waals surface area contributed by atoms with E-state index >= 15 is 0 Å². The van der Waals surface area contributed by atoms with Crippen molar-refractivity contribution in [2.75, 3.05) is 39.3 Å². The largest absolute Gasteiger partial charge is 0.494 e. The molecule has 5 heteroatoms. The first-order valence-corrected chi connectivity index (χ1v) is 11.0. The Hall–Kier alpha value is -2.79. The van der Waals surface area contributed by atoms with Crippen molar-refractivity contribution in [2.45, 2.75) is 26.2 Å². The summed E-state index contributed by atoms with van der Waals surface area (Å²) < 4.78 is 5.61. The molecule has 2 heterocycles. The summed E-state index contributed by atoms with van der Waals surface area (Å²) in [6.07, 6.45) is 2.54. The maximum atomic E-state index is 13.3. The normalized spacial score (nSPS) is 16.0. The lowest BCUT2D eigenvalue weighted by Gasteiger charge is -2.34. The molecule has 5 nitrogen and oxygen atoms in total. The molecule has 3 aromatic rings. The van der Waals surface area contributed by atoms with Crippen LogP contribution in [0.15, 0.2) is 54.7 Å². The molecule has 1 aromatic heterocycles. The standard InChI is InChI=1S/C25H31N3O2/c1-3-27-13-15-28(16-14-27)25(29)17-22(19-9-11-20(12-10-19)30-4-2)23-18-26-24-8-6-5-7-21(23)24/h5-12,18,22,26H,3-4,13-17H2,1-2H3. The summed E-state index contributed by atoms with van der Waals surface area (Å²) in [5.41, 5.74) is 3.42. The number of piperazine rings is 1. The van der Waals surface area contributed by atoms with Gasteiger partial charge in [0.1, 0.15) is 5.75 Å². The zero-order chi connectivity index (χ0) is 20.9. The minimum absolute atomic E-state index is 0.00790. The Labute approximate surface area is 178 Å². The number of amides is 1. The van der Waals surface area contributed by atoms with Crippen LogP contribution in [0.5, 0.6) is 5.75 Å². The van der Waals surface area contributed by atoms with Gasteiger partial charge in [0, 0.05) is 55.6 Å². The van der Waals surface area contributed by atoms with E-state index in [9.17, 15) is 4.79 Å². The molecular weight excluding hydrogens is 374 g/mol. The summed E-state index contributed by atoms with van der Waals surface area (Å²) in [5.74, 6) is 1.10. The molecule has 1 aliphatic rings. The van der Waals surface area contributed by atoms with Crippen LogP contribution in [0.1, 0.15) is 37.3 Å². The van der Waals surface area contributed by atoms with Crippen LogP contribution >= 0.6 is 0 Å². The lowest BCUT2D eigenvalue weighted by atomic mass is 9.87. The number of fused-ring (bicyclic) bond motifs is 1. The molecule has 0 bridgehead atoms. The van der Waals surface area contributed by atoms with E-state index in [-0.39, 0.29) is 11.8 Å². The molecule has 0 spiro atoms. The van der Waals surface area contributed by atoms with Crippen LogP contribution in [0.4, 0.5) is 0 Å². The highest BCUT2D eigenvalue weighted by atomic mass is 16.5. The number of nitrogens with zero attached hydrogens (tertiary/aromatic N) is 2. The van der Waals surface area contributed by atoms with Gasteiger partial charge in [-0.05, 0) is 42.8 Å². The number of likely N-dealkylation sites (N-methyl/N-ethyl adjacent to an activating group) is 1. The highest BCUT2D eigenvalue weighted by Gasteiger charge is 2.26. The third-order valence-electron chi connectivity index (χ3n) is 6.14. The van der Waals surface area contributed by atoms with E-state index in [4.69, 9.17) is 4.74 Å². The van der Waals surface area contributed by atoms with E-state index in [1.165, 1.54) is 10.9 Å². The van der Waals surface area contributed by atoms with Gasteiger partial charge < -0.3 is 19.5 Å². The zero-order valence-electron chi connectivity index (χ0n) is 17.9. The van der Waals surface area contributed by atoms with Crippen molar-refractivity contribution in [3.63, 3.8) is 0 Å². The maximum absolute atomic E-state index is 13.3. The minimum atomic E-state index is 0.00790. The van der Waals surface area contributed by atoms with Crippen LogP contribution < -0.4 is 4.74 Å². The number of para-hydroxylation sites is 1. The molecule has 1 aliphatic heterocycles. The predicted octanol–water partition coefficient (Wildman–Crippen LogP) is 4.25. The Bertz CT molecular complexity index is 971. The molecule has 0 aliphatic carbocycles. The summed E-state index contributed by atoms with van der Waals surface area (Å²) in [4.78, 5) is 21.1. The highest BCUT2D eigenvalue weighted by molar-refractivity contribution is 5.86. The quantitative estimate of drug-likeness (QED) is 0.639. The van der Waals surface area contributed by atoms with Crippen LogP contribution in [-0.4, -0.2) is 60.0 Å². The number of ether oxygens (including phenoxy) is 1. The van der Waals surface area contributed by atoms with Crippen LogP contribution in [0.25, 0.3) is 10.9 Å². The Morgan fingerprint density at radius 1 is 1.03 bits per heavy atom. The van der Waals surface area contributed by atoms with Gasteiger partial charge in [0.2, 0.25) is 5.91 Å². The molecular formula is C25H31N3O2. The number of carbonyl (C=O) groups excluding carboxylic acids is 1. The number of hydrogen-bond acceptors (Lipinski definition) is 3. The van der Waals surface area contributed by atoms with E-state index in [0.29, 0.717) is 13.0 Å². The monoisotopic (exact) mass is 405 g/mol. The Morgan fingerprint density at radius 3 is 2.47 bits per heavy atom. The van der Waals surface area contributed by atoms with Gasteiger partial charge in [0.25, 0.3) is 0 Å². The molecule has 1 N–H and O–H groups in total. The van der Waals surface area contributed by atoms with Gasteiger partial charge in [-0.25, -0.2) is 0 Å². The summed E-state index contributed by atoms with van der Waals surface area (Å²) in [7, 11) is 0. The fraction of sp³-hybridized carbons (Fsp3) is 0.400. The SMILES string of the molecule is CCOc1ccc(C(CC(=O)N2CCN(CC)CC2)c2c[nH]c3ccccc23)cc1. The van der Waals surface area contributed by atoms with Gasteiger partial charge in [-0.15, -0.1) is 0 Å². The number of benzene rings is 2. The van der Waals surface area contributed by atoms with Gasteiger partial charge in [0.15, 0.2) is 0 Å². The minimum Gasteiger partial charge on any atom is -0.494 e. The second-order valence-electron chi connectivity index (χ2n) is 7.86. The fourth-order valence-corrected chi connectivity index (χ4v) is 4.37.